The summed E-state index contributed by atoms with van der Waals surface area (Å²) >= 11 is 5.43. The van der Waals surface area contributed by atoms with Gasteiger partial charge in [-0.2, -0.15) is 0 Å². The van der Waals surface area contributed by atoms with Gasteiger partial charge in [0.05, 0.1) is 0 Å². The molecule has 19 heavy (non-hydrogen) atoms. The molecule has 0 saturated carbocycles. The van der Waals surface area contributed by atoms with Crippen LogP contribution < -0.4 is 11.5 Å². The second-order valence-electron chi connectivity index (χ2n) is 2.63. The Hall–Kier alpha value is 0.508. The minimum absolute atomic E-state index is 0. The molecule has 122 valence electrons. The van der Waals surface area contributed by atoms with E-state index in [0.717, 1.165) is 25.9 Å². The maximum Gasteiger partial charge on any atom is 0.314 e. The number of alkyl halides is 2. The first-order chi connectivity index (χ1) is 8.37. The third-order valence-corrected chi connectivity index (χ3v) is 1.77. The van der Waals surface area contributed by atoms with E-state index in [0.29, 0.717) is 0 Å². The van der Waals surface area contributed by atoms with Crippen molar-refractivity contribution in [1.29, 1.82) is 0 Å². The summed E-state index contributed by atoms with van der Waals surface area (Å²) in [5.74, 6) is -1.66. The van der Waals surface area contributed by atoms with Crippen LogP contribution in [-0.2, 0) is 30.7 Å². The van der Waals surface area contributed by atoms with E-state index in [1.165, 1.54) is 0 Å². The summed E-state index contributed by atoms with van der Waals surface area (Å²) in [7, 11) is 0. The van der Waals surface area contributed by atoms with Gasteiger partial charge >= 0.3 is 11.9 Å². The van der Waals surface area contributed by atoms with Gasteiger partial charge in [-0.25, -0.2) is 0 Å². The van der Waals surface area contributed by atoms with Crippen LogP contribution in [0.5, 0.6) is 0 Å². The van der Waals surface area contributed by atoms with Crippen LogP contribution in [0.4, 0.5) is 0 Å². The molecule has 0 aromatic heterocycles. The van der Waals surface area contributed by atoms with Gasteiger partial charge in [0.2, 0.25) is 0 Å². The second-order valence-corrected chi connectivity index (χ2v) is 3.75. The Morgan fingerprint density at radius 3 is 1.00 bits per heavy atom. The van der Waals surface area contributed by atoms with Crippen LogP contribution >= 0.6 is 31.9 Å². The Morgan fingerprint density at radius 1 is 0.895 bits per heavy atom. The Bertz CT molecular complexity index is 156. The van der Waals surface area contributed by atoms with E-state index < -0.39 is 11.9 Å². The molecule has 0 heterocycles. The topological polar surface area (TPSA) is 127 Å². The number of carboxylic acid groups (broad SMARTS) is 2. The number of hydrogen-bond acceptors (Lipinski definition) is 4. The van der Waals surface area contributed by atoms with Gasteiger partial charge in [-0.1, -0.05) is 45.7 Å². The zero-order valence-electron chi connectivity index (χ0n) is 11.2. The molecule has 0 saturated heterocycles. The van der Waals surface area contributed by atoms with Gasteiger partial charge in [0, 0.05) is 21.1 Å². The number of rotatable bonds is 4. The molecule has 0 rings (SSSR count). The number of nitrogens with two attached hydrogens (primary N) is 2. The normalized spacial score (nSPS) is 7.05. The predicted molar refractivity (Wildman–Crippen MR) is 81.6 cm³/mol. The Labute approximate surface area is 146 Å². The first-order valence-electron chi connectivity index (χ1n) is 5.33. The van der Waals surface area contributed by atoms with Crippen LogP contribution in [0.25, 0.3) is 0 Å². The Kier molecular flexibility index (Phi) is 60.6. The first-order valence-corrected chi connectivity index (χ1v) is 7.57. The molecule has 6 nitrogen and oxygen atoms in total. The fourth-order valence-electron chi connectivity index (χ4n) is 0. The quantitative estimate of drug-likeness (QED) is 0.369. The molecule has 0 atom stereocenters. The molecule has 0 aliphatic heterocycles. The average Bonchev–Trinajstić information content (AvgIpc) is 2.39. The first kappa shape index (κ1) is 31.7. The minimum Gasteiger partial charge on any atom is -0.481 e. The third-order valence-electron chi connectivity index (χ3n) is 0.806. The average molecular weight is 591 g/mol. The second kappa shape index (κ2) is 36.3. The number of aliphatic carboxylic acids is 2. The fourth-order valence-corrected chi connectivity index (χ4v) is 0. The maximum atomic E-state index is 9.32. The smallest absolute Gasteiger partial charge is 0.314 e. The van der Waals surface area contributed by atoms with Crippen molar-refractivity contribution in [3.05, 3.63) is 0 Å². The molecule has 0 aromatic carbocycles. The van der Waals surface area contributed by atoms with E-state index in [4.69, 9.17) is 21.7 Å². The third kappa shape index (κ3) is 119. The standard InChI is InChI=1S/2C3H9N.2C2H3BrO2.Pt/c2*1-2-3-4;2*3-1-2(4)5;/h2*2-4H2,1H3;2*1H2,(H,4,5);. The van der Waals surface area contributed by atoms with Crippen molar-refractivity contribution in [1.82, 2.24) is 0 Å². The summed E-state index contributed by atoms with van der Waals surface area (Å²) in [6, 6.07) is 0. The molecular formula is C10H24Br2N2O4Pt. The Morgan fingerprint density at radius 2 is 1.00 bits per heavy atom. The summed E-state index contributed by atoms with van der Waals surface area (Å²) in [6.07, 6.45) is 2.19. The van der Waals surface area contributed by atoms with Crippen molar-refractivity contribution in [2.75, 3.05) is 23.7 Å². The molecule has 0 spiro atoms. The van der Waals surface area contributed by atoms with E-state index in [1.807, 2.05) is 0 Å². The summed E-state index contributed by atoms with van der Waals surface area (Å²) in [5, 5.41) is 15.4. The van der Waals surface area contributed by atoms with Crippen LogP contribution in [0.15, 0.2) is 0 Å². The predicted octanol–water partition coefficient (Wildman–Crippen LogP) is 1.64. The van der Waals surface area contributed by atoms with Crippen molar-refractivity contribution in [3.63, 3.8) is 0 Å². The molecule has 0 aromatic rings. The van der Waals surface area contributed by atoms with Gasteiger partial charge in [0.25, 0.3) is 0 Å². The van der Waals surface area contributed by atoms with Crippen molar-refractivity contribution >= 4 is 43.8 Å². The van der Waals surface area contributed by atoms with Crippen LogP contribution in [-0.4, -0.2) is 45.9 Å². The van der Waals surface area contributed by atoms with Crippen LogP contribution in [0, 0.1) is 0 Å². The summed E-state index contributed by atoms with van der Waals surface area (Å²) in [4.78, 5) is 18.6. The fraction of sp³-hybridized carbons (Fsp3) is 0.800. The molecule has 0 aliphatic carbocycles. The molecule has 0 unspecified atom stereocenters. The molecule has 0 amide bonds. The van der Waals surface area contributed by atoms with Gasteiger partial charge in [-0.05, 0) is 25.9 Å². The summed E-state index contributed by atoms with van der Waals surface area (Å²) < 4.78 is 0. The van der Waals surface area contributed by atoms with Crippen molar-refractivity contribution in [2.45, 2.75) is 26.7 Å². The van der Waals surface area contributed by atoms with Crippen LogP contribution in [0.3, 0.4) is 0 Å². The maximum absolute atomic E-state index is 9.32. The molecule has 0 radical (unpaired) electrons. The molecule has 0 fully saturated rings. The summed E-state index contributed by atoms with van der Waals surface area (Å²) in [6.45, 7) is 5.75. The number of carbonyl (C=O) groups is 2. The van der Waals surface area contributed by atoms with Gasteiger partial charge in [0.1, 0.15) is 10.7 Å². The minimum atomic E-state index is -0.829. The van der Waals surface area contributed by atoms with Gasteiger partial charge < -0.3 is 21.7 Å². The van der Waals surface area contributed by atoms with Crippen LogP contribution in [0.1, 0.15) is 26.7 Å². The van der Waals surface area contributed by atoms with Crippen LogP contribution in [0.2, 0.25) is 0 Å². The zero-order valence-corrected chi connectivity index (χ0v) is 16.6. The van der Waals surface area contributed by atoms with E-state index >= 15 is 0 Å². The molecular weight excluding hydrogens is 567 g/mol. The van der Waals surface area contributed by atoms with Crippen molar-refractivity contribution in [3.8, 4) is 0 Å². The summed E-state index contributed by atoms with van der Waals surface area (Å²) in [5.41, 5.74) is 10.1. The Balaban J connectivity index is -0.0000000453. The van der Waals surface area contributed by atoms with Crippen molar-refractivity contribution in [2.24, 2.45) is 11.5 Å². The monoisotopic (exact) mass is 589 g/mol. The SMILES string of the molecule is CCCN.CCCN.O=C(O)CBr.O=C(O)CBr.[Pt]. The zero-order chi connectivity index (χ0) is 15.4. The van der Waals surface area contributed by atoms with E-state index in [2.05, 4.69) is 45.7 Å². The van der Waals surface area contributed by atoms with Gasteiger partial charge in [-0.3, -0.25) is 9.59 Å². The van der Waals surface area contributed by atoms with Gasteiger partial charge in [-0.15, -0.1) is 0 Å². The number of hydrogen-bond donors (Lipinski definition) is 4. The largest absolute Gasteiger partial charge is 0.481 e. The van der Waals surface area contributed by atoms with E-state index in [9.17, 15) is 9.59 Å². The molecule has 6 N–H and O–H groups in total. The van der Waals surface area contributed by atoms with E-state index in [1.54, 1.807) is 0 Å². The molecule has 0 aliphatic rings. The number of carboxylic acids is 2. The van der Waals surface area contributed by atoms with E-state index in [-0.39, 0.29) is 31.7 Å². The molecule has 9 heteroatoms. The molecule has 0 bridgehead atoms. The van der Waals surface area contributed by atoms with Crippen molar-refractivity contribution < 1.29 is 40.9 Å². The van der Waals surface area contributed by atoms with Gasteiger partial charge in [0.15, 0.2) is 0 Å². The number of halogens is 2.